The second-order valence-corrected chi connectivity index (χ2v) is 19.2. The maximum atomic E-state index is 5.71. The summed E-state index contributed by atoms with van der Waals surface area (Å²) in [5, 5.41) is 8.07. The number of aryl methyl sites for hydroxylation is 3. The zero-order valence-electron chi connectivity index (χ0n) is 36.0. The Morgan fingerprint density at radius 3 is 2.04 bits per heavy atom. The van der Waals surface area contributed by atoms with Gasteiger partial charge in [-0.1, -0.05) is 191 Å². The highest BCUT2D eigenvalue weighted by Gasteiger charge is 2.34. The van der Waals surface area contributed by atoms with Crippen molar-refractivity contribution < 1.29 is 0 Å². The van der Waals surface area contributed by atoms with Gasteiger partial charge in [-0.15, -0.1) is 6.42 Å². The molecule has 0 saturated heterocycles. The summed E-state index contributed by atoms with van der Waals surface area (Å²) in [6.45, 7) is 27.6. The van der Waals surface area contributed by atoms with Crippen molar-refractivity contribution in [3.63, 3.8) is 0 Å². The topological polar surface area (TPSA) is 0 Å². The molecule has 56 heavy (non-hydrogen) atoms. The van der Waals surface area contributed by atoms with Crippen LogP contribution in [-0.2, 0) is 10.8 Å². The van der Waals surface area contributed by atoms with Crippen molar-refractivity contribution >= 4 is 50.0 Å². The molecule has 0 bridgehead atoms. The van der Waals surface area contributed by atoms with E-state index in [0.717, 1.165) is 18.3 Å². The van der Waals surface area contributed by atoms with Gasteiger partial charge in [-0.2, -0.15) is 0 Å². The average molecular weight is 731 g/mol. The molecular formula is C55H59B. The fourth-order valence-corrected chi connectivity index (χ4v) is 9.63. The van der Waals surface area contributed by atoms with Crippen molar-refractivity contribution in [1.29, 1.82) is 0 Å². The molecule has 0 heterocycles. The summed E-state index contributed by atoms with van der Waals surface area (Å²) in [6, 6.07) is 30.9. The normalized spacial score (nSPS) is 16.9. The van der Waals surface area contributed by atoms with Crippen LogP contribution in [0.4, 0.5) is 0 Å². The van der Waals surface area contributed by atoms with E-state index in [1.165, 1.54) is 93.3 Å². The van der Waals surface area contributed by atoms with Gasteiger partial charge in [0, 0.05) is 5.41 Å². The van der Waals surface area contributed by atoms with Crippen molar-refractivity contribution in [2.75, 3.05) is 0 Å². The van der Waals surface area contributed by atoms with Crippen molar-refractivity contribution in [1.82, 2.24) is 0 Å². The monoisotopic (exact) mass is 730 g/mol. The lowest BCUT2D eigenvalue weighted by Crippen LogP contribution is -2.46. The van der Waals surface area contributed by atoms with E-state index < -0.39 is 0 Å². The molecule has 0 aromatic heterocycles. The Bertz CT molecular complexity index is 2630. The summed E-state index contributed by atoms with van der Waals surface area (Å²) < 4.78 is 0. The van der Waals surface area contributed by atoms with Crippen LogP contribution in [0.2, 0.25) is 6.32 Å². The smallest absolute Gasteiger partial charge is 0.115 e. The van der Waals surface area contributed by atoms with E-state index in [0.29, 0.717) is 0 Å². The number of allylic oxidation sites excluding steroid dienone is 8. The Hall–Kier alpha value is -5.06. The Kier molecular flexibility index (Phi) is 10.1. The fraction of sp³-hybridized carbons (Fsp3) is 0.309. The standard InChI is InChI=1S/C55H59B/c1-14-15-35(2)30-37(4)34-56(52-38(5)31-36(3)32-39(52)6)49-33-48(55(13)28-26-43(27-29-55)54(10,11)12)46-23-19-41-18-22-44(45-24-25-47(49)51(46)50(41)45)40-16-20-42(21-17-40)53(7,8)9/h1,15-28,30-33H,29,34H2,2-13H3/b35-15-,37-30-. The molecule has 1 aliphatic carbocycles. The first-order valence-electron chi connectivity index (χ1n) is 20.5. The van der Waals surface area contributed by atoms with E-state index >= 15 is 0 Å². The molecule has 282 valence electrons. The highest BCUT2D eigenvalue weighted by atomic mass is 14.3. The molecule has 7 rings (SSSR count). The lowest BCUT2D eigenvalue weighted by molar-refractivity contribution is 0.498. The van der Waals surface area contributed by atoms with Gasteiger partial charge in [0.1, 0.15) is 0 Å². The first kappa shape index (κ1) is 39.2. The van der Waals surface area contributed by atoms with Crippen LogP contribution < -0.4 is 10.9 Å². The summed E-state index contributed by atoms with van der Waals surface area (Å²) in [6.07, 6.45) is 19.1. The maximum Gasteiger partial charge on any atom is 0.214 e. The maximum absolute atomic E-state index is 5.71. The molecule has 0 aliphatic heterocycles. The van der Waals surface area contributed by atoms with Gasteiger partial charge in [0.15, 0.2) is 0 Å². The van der Waals surface area contributed by atoms with Gasteiger partial charge in [-0.05, 0) is 130 Å². The second-order valence-electron chi connectivity index (χ2n) is 19.2. The van der Waals surface area contributed by atoms with Crippen molar-refractivity contribution in [3.05, 3.63) is 154 Å². The largest absolute Gasteiger partial charge is 0.214 e. The molecule has 1 unspecified atom stereocenters. The summed E-state index contributed by atoms with van der Waals surface area (Å²) in [5.41, 5.74) is 16.1. The van der Waals surface area contributed by atoms with Crippen molar-refractivity contribution in [2.45, 2.75) is 107 Å². The molecule has 0 spiro atoms. The van der Waals surface area contributed by atoms with Crippen LogP contribution in [0.3, 0.4) is 0 Å². The van der Waals surface area contributed by atoms with Crippen LogP contribution in [0.25, 0.3) is 43.4 Å². The van der Waals surface area contributed by atoms with E-state index in [1.54, 1.807) is 0 Å². The van der Waals surface area contributed by atoms with Crippen LogP contribution >= 0.6 is 0 Å². The number of rotatable bonds is 7. The summed E-state index contributed by atoms with van der Waals surface area (Å²) in [7, 11) is 0. The minimum absolute atomic E-state index is 0.106. The highest BCUT2D eigenvalue weighted by Crippen LogP contribution is 2.45. The van der Waals surface area contributed by atoms with Crippen LogP contribution in [0.5, 0.6) is 0 Å². The summed E-state index contributed by atoms with van der Waals surface area (Å²) >= 11 is 0. The minimum atomic E-state index is -0.170. The SMILES string of the molecule is C#C/C=C(C)\C=C(\C)CB(c1c(C)cc(C)cc1C)c1cc(C2(C)C=CC(C(C)(C)C)=CC2)c2ccc3ccc(-c4ccc(C(C)(C)C)cc4)c4ccc1c2c34. The molecule has 0 amide bonds. The zero-order chi connectivity index (χ0) is 40.3. The minimum Gasteiger partial charge on any atom is -0.115 e. The van der Waals surface area contributed by atoms with Gasteiger partial charge < -0.3 is 0 Å². The van der Waals surface area contributed by atoms with Crippen LogP contribution in [0.15, 0.2) is 126 Å². The molecule has 1 aliphatic rings. The molecule has 1 heteroatoms. The molecule has 0 radical (unpaired) electrons. The molecule has 0 N–H and O–H groups in total. The third-order valence-corrected chi connectivity index (χ3v) is 12.5. The molecule has 6 aromatic carbocycles. The van der Waals surface area contributed by atoms with E-state index in [2.05, 4.69) is 192 Å². The average Bonchev–Trinajstić information content (AvgIpc) is 3.12. The molecule has 6 aromatic rings. The number of hydrogen-bond donors (Lipinski definition) is 0. The Balaban J connectivity index is 1.57. The molecule has 0 fully saturated rings. The number of terminal acetylenes is 1. The van der Waals surface area contributed by atoms with E-state index in [4.69, 9.17) is 6.42 Å². The Morgan fingerprint density at radius 2 is 1.43 bits per heavy atom. The first-order chi connectivity index (χ1) is 26.4. The number of hydrogen-bond acceptors (Lipinski definition) is 0. The van der Waals surface area contributed by atoms with Gasteiger partial charge in [-0.3, -0.25) is 0 Å². The van der Waals surface area contributed by atoms with Gasteiger partial charge >= 0.3 is 0 Å². The third kappa shape index (κ3) is 7.21. The van der Waals surface area contributed by atoms with E-state index in [1.807, 2.05) is 6.08 Å². The lowest BCUT2D eigenvalue weighted by Gasteiger charge is -2.35. The third-order valence-electron chi connectivity index (χ3n) is 12.5. The predicted octanol–water partition coefficient (Wildman–Crippen LogP) is 13.8. The highest BCUT2D eigenvalue weighted by molar-refractivity contribution is 6.88. The quantitative estimate of drug-likeness (QED) is 0.0664. The van der Waals surface area contributed by atoms with Crippen LogP contribution in [-0.4, -0.2) is 6.71 Å². The second kappa shape index (κ2) is 14.5. The molecule has 0 saturated carbocycles. The summed E-state index contributed by atoms with van der Waals surface area (Å²) in [5.74, 6) is 2.73. The van der Waals surface area contributed by atoms with Gasteiger partial charge in [-0.25, -0.2) is 0 Å². The predicted molar refractivity (Wildman–Crippen MR) is 250 cm³/mol. The van der Waals surface area contributed by atoms with Crippen molar-refractivity contribution in [3.8, 4) is 23.5 Å². The first-order valence-corrected chi connectivity index (χ1v) is 20.5. The van der Waals surface area contributed by atoms with E-state index in [-0.39, 0.29) is 23.0 Å². The lowest BCUT2D eigenvalue weighted by atomic mass is 9.35. The fourth-order valence-electron chi connectivity index (χ4n) is 9.63. The zero-order valence-corrected chi connectivity index (χ0v) is 36.0. The Labute approximate surface area is 337 Å². The molecular weight excluding hydrogens is 671 g/mol. The summed E-state index contributed by atoms with van der Waals surface area (Å²) in [4.78, 5) is 0. The van der Waals surface area contributed by atoms with Gasteiger partial charge in [0.05, 0.1) is 0 Å². The van der Waals surface area contributed by atoms with Crippen molar-refractivity contribution in [2.24, 2.45) is 5.41 Å². The van der Waals surface area contributed by atoms with Crippen LogP contribution in [0, 0.1) is 38.5 Å². The van der Waals surface area contributed by atoms with Crippen LogP contribution in [0.1, 0.15) is 96.6 Å². The number of benzene rings is 6. The Morgan fingerprint density at radius 1 is 0.786 bits per heavy atom. The van der Waals surface area contributed by atoms with E-state index in [9.17, 15) is 0 Å². The van der Waals surface area contributed by atoms with Gasteiger partial charge in [0.2, 0.25) is 6.71 Å². The van der Waals surface area contributed by atoms with Gasteiger partial charge in [0.25, 0.3) is 0 Å². The molecule has 0 nitrogen and oxygen atoms in total. The molecule has 1 atom stereocenters.